The molecule has 0 aliphatic rings. The minimum Gasteiger partial charge on any atom is -0.481 e. The minimum absolute atomic E-state index is 0.0228. The van der Waals surface area contributed by atoms with Crippen LogP contribution in [0.5, 0.6) is 0 Å². The number of carboxylic acid groups (broad SMARTS) is 1. The molecule has 0 heterocycles. The average molecular weight is 245 g/mol. The van der Waals surface area contributed by atoms with Gasteiger partial charge in [-0.3, -0.25) is 9.59 Å². The fraction of sp³-hybridized carbons (Fsp3) is 0.833. The largest absolute Gasteiger partial charge is 0.481 e. The molecule has 0 saturated heterocycles. The van der Waals surface area contributed by atoms with E-state index in [0.29, 0.717) is 12.8 Å². The first-order valence-electron chi connectivity index (χ1n) is 5.86. The van der Waals surface area contributed by atoms with Crippen molar-refractivity contribution in [1.82, 2.24) is 5.32 Å². The van der Waals surface area contributed by atoms with E-state index in [9.17, 15) is 9.59 Å². The molecule has 0 fully saturated rings. The van der Waals surface area contributed by atoms with E-state index in [2.05, 4.69) is 5.32 Å². The zero-order valence-corrected chi connectivity index (χ0v) is 11.1. The fourth-order valence-electron chi connectivity index (χ4n) is 1.23. The first-order valence-corrected chi connectivity index (χ1v) is 5.86. The summed E-state index contributed by atoms with van der Waals surface area (Å²) >= 11 is 0. The van der Waals surface area contributed by atoms with Gasteiger partial charge >= 0.3 is 5.97 Å². The number of ether oxygens (including phenoxy) is 1. The average Bonchev–Trinajstić information content (AvgIpc) is 2.13. The maximum Gasteiger partial charge on any atom is 0.303 e. The Labute approximate surface area is 103 Å². The minimum atomic E-state index is -0.806. The number of nitrogens with one attached hydrogen (secondary N) is 1. The van der Waals surface area contributed by atoms with Crippen LogP contribution in [0.3, 0.4) is 0 Å². The van der Waals surface area contributed by atoms with Crippen LogP contribution in [0.25, 0.3) is 0 Å². The van der Waals surface area contributed by atoms with Gasteiger partial charge in [-0.25, -0.2) is 0 Å². The van der Waals surface area contributed by atoms with Gasteiger partial charge in [0.05, 0.1) is 5.60 Å². The monoisotopic (exact) mass is 245 g/mol. The van der Waals surface area contributed by atoms with Gasteiger partial charge in [0.25, 0.3) is 0 Å². The molecule has 5 heteroatoms. The number of amides is 1. The molecule has 100 valence electrons. The summed E-state index contributed by atoms with van der Waals surface area (Å²) in [6.07, 6.45) is 1.36. The summed E-state index contributed by atoms with van der Waals surface area (Å²) < 4.78 is 5.33. The summed E-state index contributed by atoms with van der Waals surface area (Å²) in [5.41, 5.74) is -0.329. The zero-order chi connectivity index (χ0) is 13.5. The summed E-state index contributed by atoms with van der Waals surface area (Å²) in [4.78, 5) is 21.8. The third-order valence-electron chi connectivity index (χ3n) is 2.07. The SMILES string of the molecule is CC(CCCC(=O)O)NC(=O)COC(C)(C)C. The highest BCUT2D eigenvalue weighted by molar-refractivity contribution is 5.77. The van der Waals surface area contributed by atoms with Gasteiger partial charge in [0.2, 0.25) is 5.91 Å². The van der Waals surface area contributed by atoms with Crippen LogP contribution in [0.1, 0.15) is 47.0 Å². The van der Waals surface area contributed by atoms with E-state index in [-0.39, 0.29) is 30.6 Å². The normalized spacial score (nSPS) is 13.2. The molecule has 0 rings (SSSR count). The van der Waals surface area contributed by atoms with E-state index in [4.69, 9.17) is 9.84 Å². The van der Waals surface area contributed by atoms with Crippen LogP contribution in [0.2, 0.25) is 0 Å². The first kappa shape index (κ1) is 15.9. The third kappa shape index (κ3) is 11.2. The van der Waals surface area contributed by atoms with Crippen LogP contribution in [0.15, 0.2) is 0 Å². The van der Waals surface area contributed by atoms with E-state index < -0.39 is 5.97 Å². The Kier molecular flexibility index (Phi) is 6.80. The fourth-order valence-corrected chi connectivity index (χ4v) is 1.23. The van der Waals surface area contributed by atoms with E-state index in [1.807, 2.05) is 27.7 Å². The molecular formula is C12H23NO4. The quantitative estimate of drug-likeness (QED) is 0.713. The van der Waals surface area contributed by atoms with Crippen molar-refractivity contribution < 1.29 is 19.4 Å². The molecule has 0 aromatic rings. The standard InChI is InChI=1S/C12H23NO4/c1-9(6-5-7-11(15)16)13-10(14)8-17-12(2,3)4/h9H,5-8H2,1-4H3,(H,13,14)(H,15,16). The molecule has 0 aliphatic heterocycles. The van der Waals surface area contributed by atoms with Gasteiger partial charge in [0, 0.05) is 12.5 Å². The van der Waals surface area contributed by atoms with E-state index >= 15 is 0 Å². The molecule has 1 amide bonds. The summed E-state index contributed by atoms with van der Waals surface area (Å²) in [6, 6.07) is -0.0228. The van der Waals surface area contributed by atoms with Gasteiger partial charge in [0.1, 0.15) is 6.61 Å². The number of hydrogen-bond acceptors (Lipinski definition) is 3. The molecule has 1 atom stereocenters. The van der Waals surface area contributed by atoms with E-state index in [1.165, 1.54) is 0 Å². The summed E-state index contributed by atoms with van der Waals surface area (Å²) in [5, 5.41) is 11.2. The van der Waals surface area contributed by atoms with Crippen molar-refractivity contribution in [3.05, 3.63) is 0 Å². The summed E-state index contributed by atoms with van der Waals surface area (Å²) in [6.45, 7) is 7.55. The van der Waals surface area contributed by atoms with Crippen LogP contribution >= 0.6 is 0 Å². The van der Waals surface area contributed by atoms with Crippen LogP contribution < -0.4 is 5.32 Å². The smallest absolute Gasteiger partial charge is 0.303 e. The number of carbonyl (C=O) groups excluding carboxylic acids is 1. The zero-order valence-electron chi connectivity index (χ0n) is 11.1. The molecule has 1 unspecified atom stereocenters. The van der Waals surface area contributed by atoms with Gasteiger partial charge in [-0.05, 0) is 40.5 Å². The molecule has 5 nitrogen and oxygen atoms in total. The van der Waals surface area contributed by atoms with Gasteiger partial charge < -0.3 is 15.2 Å². The lowest BCUT2D eigenvalue weighted by molar-refractivity contribution is -0.137. The van der Waals surface area contributed by atoms with E-state index in [0.717, 1.165) is 0 Å². The Hall–Kier alpha value is -1.10. The molecule has 0 aliphatic carbocycles. The number of hydrogen-bond donors (Lipinski definition) is 2. The molecule has 0 spiro atoms. The Morgan fingerprint density at radius 3 is 2.41 bits per heavy atom. The van der Waals surface area contributed by atoms with Gasteiger partial charge in [-0.2, -0.15) is 0 Å². The second kappa shape index (κ2) is 7.27. The van der Waals surface area contributed by atoms with Gasteiger partial charge in [-0.15, -0.1) is 0 Å². The van der Waals surface area contributed by atoms with Gasteiger partial charge in [0.15, 0.2) is 0 Å². The predicted octanol–water partition coefficient (Wildman–Crippen LogP) is 1.56. The molecule has 2 N–H and O–H groups in total. The van der Waals surface area contributed by atoms with Crippen LogP contribution in [-0.4, -0.2) is 35.2 Å². The van der Waals surface area contributed by atoms with Crippen molar-refractivity contribution in [2.75, 3.05) is 6.61 Å². The van der Waals surface area contributed by atoms with Crippen LogP contribution in [0, 0.1) is 0 Å². The number of rotatable bonds is 7. The van der Waals surface area contributed by atoms with Gasteiger partial charge in [-0.1, -0.05) is 0 Å². The summed E-state index contributed by atoms with van der Waals surface area (Å²) in [7, 11) is 0. The van der Waals surface area contributed by atoms with Crippen molar-refractivity contribution in [2.24, 2.45) is 0 Å². The lowest BCUT2D eigenvalue weighted by Gasteiger charge is -2.20. The highest BCUT2D eigenvalue weighted by Crippen LogP contribution is 2.06. The van der Waals surface area contributed by atoms with E-state index in [1.54, 1.807) is 0 Å². The van der Waals surface area contributed by atoms with Crippen molar-refractivity contribution in [2.45, 2.75) is 58.6 Å². The second-order valence-electron chi connectivity index (χ2n) is 5.16. The van der Waals surface area contributed by atoms with Crippen molar-refractivity contribution in [1.29, 1.82) is 0 Å². The third-order valence-corrected chi connectivity index (χ3v) is 2.07. The Bertz CT molecular complexity index is 258. The Morgan fingerprint density at radius 1 is 1.35 bits per heavy atom. The Morgan fingerprint density at radius 2 is 1.94 bits per heavy atom. The molecule has 0 saturated carbocycles. The maximum atomic E-state index is 11.4. The molecule has 0 bridgehead atoms. The first-order chi connectivity index (χ1) is 7.70. The van der Waals surface area contributed by atoms with Crippen molar-refractivity contribution in [3.8, 4) is 0 Å². The number of aliphatic carboxylic acids is 1. The topological polar surface area (TPSA) is 75.6 Å². The maximum absolute atomic E-state index is 11.4. The van der Waals surface area contributed by atoms with Crippen molar-refractivity contribution >= 4 is 11.9 Å². The molecular weight excluding hydrogens is 222 g/mol. The Balaban J connectivity index is 3.69. The predicted molar refractivity (Wildman–Crippen MR) is 64.8 cm³/mol. The molecule has 0 aromatic carbocycles. The lowest BCUT2D eigenvalue weighted by Crippen LogP contribution is -2.37. The van der Waals surface area contributed by atoms with Crippen LogP contribution in [0.4, 0.5) is 0 Å². The number of carbonyl (C=O) groups is 2. The summed E-state index contributed by atoms with van der Waals surface area (Å²) in [5.74, 6) is -0.970. The molecule has 0 radical (unpaired) electrons. The lowest BCUT2D eigenvalue weighted by atomic mass is 10.1. The highest BCUT2D eigenvalue weighted by atomic mass is 16.5. The molecule has 0 aromatic heterocycles. The van der Waals surface area contributed by atoms with Crippen LogP contribution in [-0.2, 0) is 14.3 Å². The molecule has 17 heavy (non-hydrogen) atoms. The highest BCUT2D eigenvalue weighted by Gasteiger charge is 2.14. The number of carboxylic acids is 1. The second-order valence-corrected chi connectivity index (χ2v) is 5.16. The van der Waals surface area contributed by atoms with Crippen molar-refractivity contribution in [3.63, 3.8) is 0 Å².